The lowest BCUT2D eigenvalue weighted by molar-refractivity contribution is 0.0644. The van der Waals surface area contributed by atoms with Crippen LogP contribution in [0.1, 0.15) is 25.0 Å². The van der Waals surface area contributed by atoms with Crippen molar-refractivity contribution in [2.24, 2.45) is 0 Å². The summed E-state index contributed by atoms with van der Waals surface area (Å²) in [6, 6.07) is 6.12. The molecule has 0 spiro atoms. The second-order valence-electron chi connectivity index (χ2n) is 3.68. The van der Waals surface area contributed by atoms with Gasteiger partial charge in [0.1, 0.15) is 5.75 Å². The van der Waals surface area contributed by atoms with E-state index < -0.39 is 0 Å². The highest BCUT2D eigenvalue weighted by molar-refractivity contribution is 5.36. The zero-order chi connectivity index (χ0) is 10.6. The van der Waals surface area contributed by atoms with E-state index in [-0.39, 0.29) is 6.10 Å². The topological polar surface area (TPSA) is 18.5 Å². The monoisotopic (exact) mass is 194 g/mol. The average molecular weight is 194 g/mol. The minimum Gasteiger partial charge on any atom is -0.496 e. The Morgan fingerprint density at radius 1 is 1.29 bits per heavy atom. The number of hydrogen-bond donors (Lipinski definition) is 0. The molecular weight excluding hydrogens is 176 g/mol. The minimum atomic E-state index is 0.250. The van der Waals surface area contributed by atoms with E-state index in [1.54, 1.807) is 7.11 Å². The molecule has 1 aromatic rings. The van der Waals surface area contributed by atoms with Crippen LogP contribution in [0.3, 0.4) is 0 Å². The first-order chi connectivity index (χ1) is 6.63. The van der Waals surface area contributed by atoms with E-state index in [1.165, 1.54) is 5.56 Å². The highest BCUT2D eigenvalue weighted by Gasteiger charge is 2.04. The van der Waals surface area contributed by atoms with Gasteiger partial charge in [-0.1, -0.05) is 17.7 Å². The summed E-state index contributed by atoms with van der Waals surface area (Å²) in [4.78, 5) is 0. The van der Waals surface area contributed by atoms with Crippen LogP contribution in [0.2, 0.25) is 0 Å². The molecule has 0 unspecified atom stereocenters. The van der Waals surface area contributed by atoms with Gasteiger partial charge in [-0.15, -0.1) is 0 Å². The first-order valence-corrected chi connectivity index (χ1v) is 4.88. The van der Waals surface area contributed by atoms with Crippen LogP contribution in [-0.2, 0) is 11.3 Å². The molecule has 0 heterocycles. The summed E-state index contributed by atoms with van der Waals surface area (Å²) in [5, 5.41) is 0. The van der Waals surface area contributed by atoms with Gasteiger partial charge >= 0.3 is 0 Å². The Bertz CT molecular complexity index is 292. The van der Waals surface area contributed by atoms with E-state index in [4.69, 9.17) is 9.47 Å². The van der Waals surface area contributed by atoms with E-state index in [1.807, 2.05) is 26.0 Å². The van der Waals surface area contributed by atoms with E-state index in [9.17, 15) is 0 Å². The van der Waals surface area contributed by atoms with Crippen molar-refractivity contribution in [2.45, 2.75) is 33.5 Å². The molecule has 14 heavy (non-hydrogen) atoms. The van der Waals surface area contributed by atoms with Crippen molar-refractivity contribution in [2.75, 3.05) is 7.11 Å². The fourth-order valence-corrected chi connectivity index (χ4v) is 1.28. The summed E-state index contributed by atoms with van der Waals surface area (Å²) in [6.07, 6.45) is 0.250. The third-order valence-electron chi connectivity index (χ3n) is 2.01. The Morgan fingerprint density at radius 3 is 2.57 bits per heavy atom. The molecule has 2 heteroatoms. The third-order valence-corrected chi connectivity index (χ3v) is 2.01. The van der Waals surface area contributed by atoms with Crippen molar-refractivity contribution < 1.29 is 9.47 Å². The summed E-state index contributed by atoms with van der Waals surface area (Å²) in [5.74, 6) is 0.899. The number of rotatable bonds is 4. The normalized spacial score (nSPS) is 10.6. The molecule has 0 aromatic heterocycles. The molecule has 2 nitrogen and oxygen atoms in total. The molecule has 1 aromatic carbocycles. The van der Waals surface area contributed by atoms with Crippen LogP contribution in [0.4, 0.5) is 0 Å². The van der Waals surface area contributed by atoms with Gasteiger partial charge in [0.05, 0.1) is 19.8 Å². The van der Waals surface area contributed by atoms with Gasteiger partial charge in [0.15, 0.2) is 0 Å². The van der Waals surface area contributed by atoms with E-state index in [0.717, 1.165) is 11.3 Å². The van der Waals surface area contributed by atoms with Gasteiger partial charge < -0.3 is 9.47 Å². The molecule has 78 valence electrons. The van der Waals surface area contributed by atoms with Crippen molar-refractivity contribution in [1.29, 1.82) is 0 Å². The van der Waals surface area contributed by atoms with Crippen molar-refractivity contribution in [3.63, 3.8) is 0 Å². The molecule has 0 fully saturated rings. The van der Waals surface area contributed by atoms with Crippen LogP contribution in [0, 0.1) is 6.92 Å². The van der Waals surface area contributed by atoms with Gasteiger partial charge in [-0.2, -0.15) is 0 Å². The number of benzene rings is 1. The molecule has 1 rings (SSSR count). The molecule has 0 aliphatic heterocycles. The second kappa shape index (κ2) is 5.01. The molecule has 0 amide bonds. The van der Waals surface area contributed by atoms with Crippen molar-refractivity contribution in [3.05, 3.63) is 29.3 Å². The van der Waals surface area contributed by atoms with Crippen molar-refractivity contribution in [3.8, 4) is 5.75 Å². The van der Waals surface area contributed by atoms with Crippen molar-refractivity contribution >= 4 is 0 Å². The highest BCUT2D eigenvalue weighted by Crippen LogP contribution is 2.20. The Morgan fingerprint density at radius 2 is 2.00 bits per heavy atom. The summed E-state index contributed by atoms with van der Waals surface area (Å²) in [7, 11) is 1.68. The van der Waals surface area contributed by atoms with Crippen LogP contribution in [-0.4, -0.2) is 13.2 Å². The lowest BCUT2D eigenvalue weighted by Gasteiger charge is -2.11. The van der Waals surface area contributed by atoms with Gasteiger partial charge in [0, 0.05) is 5.56 Å². The lowest BCUT2D eigenvalue weighted by atomic mass is 10.1. The van der Waals surface area contributed by atoms with Gasteiger partial charge in [-0.3, -0.25) is 0 Å². The summed E-state index contributed by atoms with van der Waals surface area (Å²) < 4.78 is 10.8. The fraction of sp³-hybridized carbons (Fsp3) is 0.500. The van der Waals surface area contributed by atoms with E-state index in [0.29, 0.717) is 6.61 Å². The maximum atomic E-state index is 5.55. The molecule has 0 bridgehead atoms. The van der Waals surface area contributed by atoms with Gasteiger partial charge in [0.25, 0.3) is 0 Å². The first-order valence-electron chi connectivity index (χ1n) is 4.88. The molecular formula is C12H18O2. The number of aryl methyl sites for hydroxylation is 1. The largest absolute Gasteiger partial charge is 0.496 e. The summed E-state index contributed by atoms with van der Waals surface area (Å²) in [6.45, 7) is 6.74. The number of ether oxygens (including phenoxy) is 2. The lowest BCUT2D eigenvalue weighted by Crippen LogP contribution is -2.03. The molecule has 0 aliphatic carbocycles. The Labute approximate surface area is 85.8 Å². The summed E-state index contributed by atoms with van der Waals surface area (Å²) >= 11 is 0. The zero-order valence-electron chi connectivity index (χ0n) is 9.33. The fourth-order valence-electron chi connectivity index (χ4n) is 1.28. The van der Waals surface area contributed by atoms with Crippen LogP contribution >= 0.6 is 0 Å². The summed E-state index contributed by atoms with van der Waals surface area (Å²) in [5.41, 5.74) is 2.34. The first kappa shape index (κ1) is 11.1. The predicted octanol–water partition coefficient (Wildman–Crippen LogP) is 2.93. The Hall–Kier alpha value is -1.02. The van der Waals surface area contributed by atoms with Crippen LogP contribution in [0.25, 0.3) is 0 Å². The predicted molar refractivity (Wildman–Crippen MR) is 57.7 cm³/mol. The maximum absolute atomic E-state index is 5.55. The maximum Gasteiger partial charge on any atom is 0.124 e. The zero-order valence-corrected chi connectivity index (χ0v) is 9.33. The van der Waals surface area contributed by atoms with Gasteiger partial charge in [-0.25, -0.2) is 0 Å². The minimum absolute atomic E-state index is 0.250. The van der Waals surface area contributed by atoms with Crippen LogP contribution in [0.15, 0.2) is 18.2 Å². The van der Waals surface area contributed by atoms with Gasteiger partial charge in [0.2, 0.25) is 0 Å². The van der Waals surface area contributed by atoms with Crippen LogP contribution < -0.4 is 4.74 Å². The molecule has 0 atom stereocenters. The molecule has 0 saturated heterocycles. The molecule has 0 saturated carbocycles. The second-order valence-corrected chi connectivity index (χ2v) is 3.68. The smallest absolute Gasteiger partial charge is 0.124 e. The quantitative estimate of drug-likeness (QED) is 0.733. The third kappa shape index (κ3) is 3.04. The van der Waals surface area contributed by atoms with Crippen LogP contribution in [0.5, 0.6) is 5.75 Å². The SMILES string of the molecule is COc1ccc(C)cc1COC(C)C. The Balaban J connectivity index is 2.77. The standard InChI is InChI=1S/C12H18O2/c1-9(2)14-8-11-7-10(3)5-6-12(11)13-4/h5-7,9H,8H2,1-4H3. The van der Waals surface area contributed by atoms with E-state index >= 15 is 0 Å². The Kier molecular flexibility index (Phi) is 3.96. The van der Waals surface area contributed by atoms with Gasteiger partial charge in [-0.05, 0) is 26.8 Å². The molecule has 0 radical (unpaired) electrons. The molecule has 0 aliphatic rings. The van der Waals surface area contributed by atoms with E-state index in [2.05, 4.69) is 13.0 Å². The average Bonchev–Trinajstić information content (AvgIpc) is 2.15. The number of hydrogen-bond acceptors (Lipinski definition) is 2. The highest BCUT2D eigenvalue weighted by atomic mass is 16.5. The molecule has 0 N–H and O–H groups in total. The number of methoxy groups -OCH3 is 1. The van der Waals surface area contributed by atoms with Crippen molar-refractivity contribution in [1.82, 2.24) is 0 Å².